The second-order valence-electron chi connectivity index (χ2n) is 5.91. The van der Waals surface area contributed by atoms with E-state index in [9.17, 15) is 19.2 Å². The number of ether oxygens (including phenoxy) is 1. The van der Waals surface area contributed by atoms with Crippen LogP contribution in [0.3, 0.4) is 0 Å². The first kappa shape index (κ1) is 19.7. The third-order valence-corrected chi connectivity index (χ3v) is 4.01. The summed E-state index contributed by atoms with van der Waals surface area (Å²) in [5, 5.41) is 0. The van der Waals surface area contributed by atoms with Crippen LogP contribution in [-0.4, -0.2) is 37.3 Å². The lowest BCUT2D eigenvalue weighted by Gasteiger charge is -2.08. The Balaban J connectivity index is 1.52. The van der Waals surface area contributed by atoms with Crippen LogP contribution >= 0.6 is 0 Å². The Kier molecular flexibility index (Phi) is 5.62. The van der Waals surface area contributed by atoms with Crippen molar-refractivity contribution in [3.05, 3.63) is 57.4 Å². The molecule has 152 valence electrons. The fourth-order valence-electron chi connectivity index (χ4n) is 2.54. The summed E-state index contributed by atoms with van der Waals surface area (Å²) in [6.45, 7) is 0.0328. The first-order valence-electron chi connectivity index (χ1n) is 8.43. The van der Waals surface area contributed by atoms with E-state index in [2.05, 4.69) is 15.8 Å². The van der Waals surface area contributed by atoms with Gasteiger partial charge in [0.25, 0.3) is 11.5 Å². The second-order valence-corrected chi connectivity index (χ2v) is 5.91. The number of aromatic nitrogens is 4. The Labute approximate surface area is 163 Å². The Bertz CT molecular complexity index is 1180. The molecule has 2 amide bonds. The lowest BCUT2D eigenvalue weighted by atomic mass is 10.4. The van der Waals surface area contributed by atoms with Crippen LogP contribution in [0.15, 0.2) is 44.8 Å². The summed E-state index contributed by atoms with van der Waals surface area (Å²) in [6, 6.07) is 3.34. The lowest BCUT2D eigenvalue weighted by molar-refractivity contribution is -0.117. The molecular formula is C17H18N6O6. The summed E-state index contributed by atoms with van der Waals surface area (Å²) >= 11 is 0. The van der Waals surface area contributed by atoms with Gasteiger partial charge in [0, 0.05) is 20.2 Å². The fourth-order valence-corrected chi connectivity index (χ4v) is 2.54. The number of hydrogen-bond donors (Lipinski definition) is 2. The summed E-state index contributed by atoms with van der Waals surface area (Å²) in [6.07, 6.45) is 4.58. The molecule has 0 aliphatic carbocycles. The van der Waals surface area contributed by atoms with E-state index >= 15 is 0 Å². The minimum absolute atomic E-state index is 0.0958. The van der Waals surface area contributed by atoms with Crippen LogP contribution in [0.1, 0.15) is 5.76 Å². The predicted octanol–water partition coefficient (Wildman–Crippen LogP) is -0.502. The molecule has 12 heteroatoms. The van der Waals surface area contributed by atoms with Crippen LogP contribution < -0.4 is 22.1 Å². The monoisotopic (exact) mass is 402 g/mol. The maximum atomic E-state index is 12.3. The molecule has 3 aromatic heterocycles. The van der Waals surface area contributed by atoms with Gasteiger partial charge in [-0.1, -0.05) is 0 Å². The minimum atomic E-state index is -0.880. The molecule has 12 nitrogen and oxygen atoms in total. The molecule has 2 N–H and O–H groups in total. The molecular weight excluding hydrogens is 384 g/mol. The number of hydrazine groups is 1. The maximum absolute atomic E-state index is 12.3. The van der Waals surface area contributed by atoms with Gasteiger partial charge in [0.1, 0.15) is 12.4 Å². The van der Waals surface area contributed by atoms with E-state index in [0.29, 0.717) is 5.76 Å². The normalized spacial score (nSPS) is 11.1. The first-order valence-corrected chi connectivity index (χ1v) is 8.43. The lowest BCUT2D eigenvalue weighted by Crippen LogP contribution is -2.41. The molecule has 0 unspecified atom stereocenters. The van der Waals surface area contributed by atoms with Gasteiger partial charge < -0.3 is 13.7 Å². The molecule has 3 aromatic rings. The fraction of sp³-hybridized carbons (Fsp3) is 0.235. The van der Waals surface area contributed by atoms with Gasteiger partial charge in [-0.15, -0.1) is 0 Å². The van der Waals surface area contributed by atoms with Crippen LogP contribution in [0, 0.1) is 0 Å². The van der Waals surface area contributed by atoms with Gasteiger partial charge in [0.2, 0.25) is 0 Å². The highest BCUT2D eigenvalue weighted by atomic mass is 16.6. The average Bonchev–Trinajstić information content (AvgIpc) is 3.37. The SMILES string of the molecule is Cn1c(=O)c2c(ncn2CCOC(=O)NNC(=O)/C=C/c2ccco2)n(C)c1=O. The first-order chi connectivity index (χ1) is 13.9. The third kappa shape index (κ3) is 4.26. The largest absolute Gasteiger partial charge is 0.465 e. The van der Waals surface area contributed by atoms with Gasteiger partial charge in [-0.05, 0) is 18.2 Å². The van der Waals surface area contributed by atoms with E-state index in [1.54, 1.807) is 12.1 Å². The number of aryl methyl sites for hydroxylation is 1. The molecule has 0 aliphatic rings. The highest BCUT2D eigenvalue weighted by molar-refractivity contribution is 5.92. The maximum Gasteiger partial charge on any atom is 0.426 e. The van der Waals surface area contributed by atoms with E-state index in [-0.39, 0.29) is 24.3 Å². The zero-order valence-electron chi connectivity index (χ0n) is 15.6. The molecule has 0 saturated carbocycles. The highest BCUT2D eigenvalue weighted by Gasteiger charge is 2.14. The molecule has 0 aromatic carbocycles. The smallest absolute Gasteiger partial charge is 0.426 e. The molecule has 0 radical (unpaired) electrons. The summed E-state index contributed by atoms with van der Waals surface area (Å²) < 4.78 is 13.7. The number of nitrogens with zero attached hydrogens (tertiary/aromatic N) is 4. The average molecular weight is 402 g/mol. The second kappa shape index (κ2) is 8.29. The number of nitrogens with one attached hydrogen (secondary N) is 2. The topological polar surface area (TPSA) is 142 Å². The zero-order valence-corrected chi connectivity index (χ0v) is 15.6. The zero-order chi connectivity index (χ0) is 21.0. The summed E-state index contributed by atoms with van der Waals surface area (Å²) in [5.41, 5.74) is 3.70. The van der Waals surface area contributed by atoms with E-state index in [0.717, 1.165) is 4.57 Å². The van der Waals surface area contributed by atoms with Crippen LogP contribution in [-0.2, 0) is 30.2 Å². The number of furan rings is 1. The Morgan fingerprint density at radius 2 is 2.03 bits per heavy atom. The quantitative estimate of drug-likeness (QED) is 0.433. The number of hydrogen-bond acceptors (Lipinski definition) is 7. The van der Waals surface area contributed by atoms with Gasteiger partial charge in [-0.3, -0.25) is 24.1 Å². The van der Waals surface area contributed by atoms with Crippen molar-refractivity contribution in [3.63, 3.8) is 0 Å². The molecule has 0 bridgehead atoms. The van der Waals surface area contributed by atoms with Crippen molar-refractivity contribution in [1.82, 2.24) is 29.5 Å². The van der Waals surface area contributed by atoms with Gasteiger partial charge in [-0.25, -0.2) is 20.0 Å². The number of fused-ring (bicyclic) bond motifs is 1. The van der Waals surface area contributed by atoms with Gasteiger partial charge >= 0.3 is 11.8 Å². The molecule has 0 atom stereocenters. The Morgan fingerprint density at radius 3 is 2.76 bits per heavy atom. The van der Waals surface area contributed by atoms with Crippen molar-refractivity contribution in [2.24, 2.45) is 14.1 Å². The van der Waals surface area contributed by atoms with Crippen LogP contribution in [0.4, 0.5) is 4.79 Å². The van der Waals surface area contributed by atoms with Gasteiger partial charge in [0.15, 0.2) is 11.2 Å². The number of amides is 2. The summed E-state index contributed by atoms with van der Waals surface area (Å²) in [7, 11) is 2.88. The molecule has 0 spiro atoms. The van der Waals surface area contributed by atoms with Crippen molar-refractivity contribution < 1.29 is 18.7 Å². The number of carbonyl (C=O) groups is 2. The number of carbonyl (C=O) groups excluding carboxylic acids is 2. The molecule has 0 saturated heterocycles. The third-order valence-electron chi connectivity index (χ3n) is 4.01. The van der Waals surface area contributed by atoms with Crippen molar-refractivity contribution in [2.75, 3.05) is 6.61 Å². The summed E-state index contributed by atoms with van der Waals surface area (Å²) in [5.74, 6) is -0.0951. The van der Waals surface area contributed by atoms with Crippen molar-refractivity contribution in [2.45, 2.75) is 6.54 Å². The van der Waals surface area contributed by atoms with Crippen LogP contribution in [0.25, 0.3) is 17.2 Å². The molecule has 29 heavy (non-hydrogen) atoms. The minimum Gasteiger partial charge on any atom is -0.465 e. The van der Waals surface area contributed by atoms with E-state index < -0.39 is 23.2 Å². The molecule has 3 heterocycles. The molecule has 0 aliphatic heterocycles. The molecule has 3 rings (SSSR count). The predicted molar refractivity (Wildman–Crippen MR) is 101 cm³/mol. The van der Waals surface area contributed by atoms with Crippen LogP contribution in [0.5, 0.6) is 0 Å². The van der Waals surface area contributed by atoms with Crippen molar-refractivity contribution in [1.29, 1.82) is 0 Å². The van der Waals surface area contributed by atoms with E-state index in [4.69, 9.17) is 9.15 Å². The Hall–Kier alpha value is -4.09. The van der Waals surface area contributed by atoms with E-state index in [1.165, 1.54) is 48.0 Å². The van der Waals surface area contributed by atoms with Crippen molar-refractivity contribution >= 4 is 29.2 Å². The molecule has 0 fully saturated rings. The van der Waals surface area contributed by atoms with Gasteiger partial charge in [-0.2, -0.15) is 0 Å². The van der Waals surface area contributed by atoms with Crippen LogP contribution in [0.2, 0.25) is 0 Å². The number of imidazole rings is 1. The van der Waals surface area contributed by atoms with Crippen molar-refractivity contribution in [3.8, 4) is 0 Å². The summed E-state index contributed by atoms with van der Waals surface area (Å²) in [4.78, 5) is 51.5. The number of rotatable bonds is 5. The van der Waals surface area contributed by atoms with E-state index in [1.807, 2.05) is 0 Å². The highest BCUT2D eigenvalue weighted by Crippen LogP contribution is 2.05. The Morgan fingerprint density at radius 1 is 1.24 bits per heavy atom. The van der Waals surface area contributed by atoms with Gasteiger partial charge in [0.05, 0.1) is 19.1 Å². The standard InChI is InChI=1S/C17H18N6O6/c1-21-14-13(15(25)22(2)17(21)27)23(10-18-14)7-9-29-16(26)20-19-12(24)6-5-11-4-3-8-28-11/h3-6,8,10H,7,9H2,1-2H3,(H,19,24)(H,20,26)/b6-5+.